The summed E-state index contributed by atoms with van der Waals surface area (Å²) < 4.78 is 12.7. The van der Waals surface area contributed by atoms with Gasteiger partial charge in [0.2, 0.25) is 12.7 Å². The lowest BCUT2D eigenvalue weighted by Crippen LogP contribution is -2.15. The van der Waals surface area contributed by atoms with E-state index in [1.54, 1.807) is 12.5 Å². The molecule has 132 valence electrons. The van der Waals surface area contributed by atoms with Crippen LogP contribution in [0.3, 0.4) is 0 Å². The number of rotatable bonds is 4. The van der Waals surface area contributed by atoms with E-state index in [9.17, 15) is 0 Å². The van der Waals surface area contributed by atoms with Crippen LogP contribution in [0.25, 0.3) is 5.95 Å². The van der Waals surface area contributed by atoms with Crippen LogP contribution < -0.4 is 14.8 Å². The highest BCUT2D eigenvalue weighted by Crippen LogP contribution is 2.33. The first kappa shape index (κ1) is 15.5. The average Bonchev–Trinajstić information content (AvgIpc) is 3.37. The number of hydrogen-bond acceptors (Lipinski definition) is 7. The quantitative estimate of drug-likeness (QED) is 0.760. The number of nitrogens with zero attached hydrogens (tertiary/aromatic N) is 4. The molecule has 26 heavy (non-hydrogen) atoms. The van der Waals surface area contributed by atoms with Crippen molar-refractivity contribution in [2.75, 3.05) is 17.9 Å². The number of nitrogens with one attached hydrogen (secondary N) is 1. The third kappa shape index (κ3) is 2.86. The van der Waals surface area contributed by atoms with Gasteiger partial charge in [-0.15, -0.1) is 0 Å². The summed E-state index contributed by atoms with van der Waals surface area (Å²) in [5.74, 6) is 5.17. The summed E-state index contributed by atoms with van der Waals surface area (Å²) in [6, 6.07) is 6.00. The Kier molecular flexibility index (Phi) is 3.89. The van der Waals surface area contributed by atoms with E-state index in [1.165, 1.54) is 5.56 Å². The summed E-state index contributed by atoms with van der Waals surface area (Å²) >= 11 is 1.92. The number of imidazole rings is 1. The van der Waals surface area contributed by atoms with Gasteiger partial charge in [-0.25, -0.2) is 9.97 Å². The van der Waals surface area contributed by atoms with Crippen LogP contribution in [-0.2, 0) is 18.7 Å². The number of thioether (sulfide) groups is 1. The van der Waals surface area contributed by atoms with E-state index in [4.69, 9.17) is 19.4 Å². The third-order valence-electron chi connectivity index (χ3n) is 4.44. The van der Waals surface area contributed by atoms with Crippen molar-refractivity contribution in [3.05, 3.63) is 53.7 Å². The van der Waals surface area contributed by atoms with Crippen molar-refractivity contribution in [2.45, 2.75) is 18.7 Å². The fraction of sp³-hybridized carbons (Fsp3) is 0.278. The van der Waals surface area contributed by atoms with Crippen molar-refractivity contribution >= 4 is 17.6 Å². The number of ether oxygens (including phenoxy) is 2. The van der Waals surface area contributed by atoms with Gasteiger partial charge in [0.15, 0.2) is 11.5 Å². The molecule has 0 amide bonds. The highest BCUT2D eigenvalue weighted by atomic mass is 32.2. The second-order valence-corrected chi connectivity index (χ2v) is 7.22. The number of benzene rings is 1. The number of hydrogen-bond donors (Lipinski definition) is 1. The van der Waals surface area contributed by atoms with Crippen LogP contribution in [-0.4, -0.2) is 32.1 Å². The smallest absolute Gasteiger partial charge is 0.237 e. The zero-order valence-corrected chi connectivity index (χ0v) is 14.8. The largest absolute Gasteiger partial charge is 0.454 e. The first-order valence-electron chi connectivity index (χ1n) is 8.45. The second-order valence-electron chi connectivity index (χ2n) is 6.11. The Bertz CT molecular complexity index is 945. The lowest BCUT2D eigenvalue weighted by Gasteiger charge is -2.19. The minimum atomic E-state index is 0.289. The van der Waals surface area contributed by atoms with Crippen molar-refractivity contribution < 1.29 is 9.47 Å². The molecular weight excluding hydrogens is 350 g/mol. The van der Waals surface area contributed by atoms with E-state index in [-0.39, 0.29) is 6.79 Å². The van der Waals surface area contributed by atoms with Crippen LogP contribution in [0, 0.1) is 0 Å². The Hall–Kier alpha value is -2.74. The van der Waals surface area contributed by atoms with E-state index >= 15 is 0 Å². The van der Waals surface area contributed by atoms with Gasteiger partial charge >= 0.3 is 0 Å². The average molecular weight is 367 g/mol. The zero-order chi connectivity index (χ0) is 17.3. The van der Waals surface area contributed by atoms with Crippen molar-refractivity contribution in [3.63, 3.8) is 0 Å². The van der Waals surface area contributed by atoms with E-state index < -0.39 is 0 Å². The predicted octanol–water partition coefficient (Wildman–Crippen LogP) is 2.79. The molecule has 2 aliphatic rings. The summed E-state index contributed by atoms with van der Waals surface area (Å²) in [4.78, 5) is 13.6. The Morgan fingerprint density at radius 3 is 3.08 bits per heavy atom. The SMILES string of the molecule is c1cn(-c2nc3c(c(NCc4ccc5c(c4)OCO5)n2)CSCC3)cn1. The molecule has 0 aliphatic carbocycles. The summed E-state index contributed by atoms with van der Waals surface area (Å²) in [5, 5.41) is 3.49. The van der Waals surface area contributed by atoms with Gasteiger partial charge in [-0.05, 0) is 29.9 Å². The lowest BCUT2D eigenvalue weighted by molar-refractivity contribution is 0.174. The van der Waals surface area contributed by atoms with Crippen LogP contribution in [0.5, 0.6) is 11.5 Å². The van der Waals surface area contributed by atoms with Crippen molar-refractivity contribution in [1.29, 1.82) is 0 Å². The maximum Gasteiger partial charge on any atom is 0.237 e. The van der Waals surface area contributed by atoms with Gasteiger partial charge in [0.25, 0.3) is 0 Å². The normalized spacial score (nSPS) is 14.9. The van der Waals surface area contributed by atoms with E-state index in [2.05, 4.69) is 10.3 Å². The van der Waals surface area contributed by atoms with Gasteiger partial charge in [-0.2, -0.15) is 16.7 Å². The number of anilines is 1. The molecule has 5 rings (SSSR count). The Morgan fingerprint density at radius 1 is 1.19 bits per heavy atom. The van der Waals surface area contributed by atoms with E-state index in [0.717, 1.165) is 46.5 Å². The highest BCUT2D eigenvalue weighted by molar-refractivity contribution is 7.98. The first-order chi connectivity index (χ1) is 12.9. The Morgan fingerprint density at radius 2 is 2.15 bits per heavy atom. The molecule has 2 aliphatic heterocycles. The summed E-state index contributed by atoms with van der Waals surface area (Å²) in [5.41, 5.74) is 3.44. The molecule has 0 spiro atoms. The molecule has 4 heterocycles. The maximum absolute atomic E-state index is 5.46. The van der Waals surface area contributed by atoms with Crippen molar-refractivity contribution in [3.8, 4) is 17.4 Å². The molecule has 0 radical (unpaired) electrons. The van der Waals surface area contributed by atoms with Gasteiger partial charge in [0.05, 0.1) is 5.69 Å². The van der Waals surface area contributed by atoms with Gasteiger partial charge < -0.3 is 14.8 Å². The van der Waals surface area contributed by atoms with Crippen LogP contribution in [0.2, 0.25) is 0 Å². The molecule has 3 aromatic rings. The number of aromatic nitrogens is 4. The molecule has 0 unspecified atom stereocenters. The first-order valence-corrected chi connectivity index (χ1v) is 9.60. The van der Waals surface area contributed by atoms with E-state index in [0.29, 0.717) is 12.5 Å². The molecule has 8 heteroatoms. The van der Waals surface area contributed by atoms with Crippen LogP contribution in [0.4, 0.5) is 5.82 Å². The fourth-order valence-corrected chi connectivity index (χ4v) is 4.08. The minimum absolute atomic E-state index is 0.289. The van der Waals surface area contributed by atoms with Gasteiger partial charge in [0, 0.05) is 30.3 Å². The molecule has 0 saturated carbocycles. The Balaban J connectivity index is 1.45. The number of aryl methyl sites for hydroxylation is 1. The van der Waals surface area contributed by atoms with Gasteiger partial charge in [0.1, 0.15) is 12.1 Å². The minimum Gasteiger partial charge on any atom is -0.454 e. The maximum atomic E-state index is 5.46. The molecule has 0 saturated heterocycles. The topological polar surface area (TPSA) is 74.1 Å². The van der Waals surface area contributed by atoms with Crippen molar-refractivity contribution in [2.24, 2.45) is 0 Å². The third-order valence-corrected chi connectivity index (χ3v) is 5.43. The summed E-state index contributed by atoms with van der Waals surface area (Å²) in [6.45, 7) is 0.950. The monoisotopic (exact) mass is 367 g/mol. The molecule has 0 atom stereocenters. The molecule has 0 bridgehead atoms. The lowest BCUT2D eigenvalue weighted by atomic mass is 10.1. The summed E-state index contributed by atoms with van der Waals surface area (Å²) in [6.07, 6.45) is 6.28. The van der Waals surface area contributed by atoms with E-state index in [1.807, 2.05) is 40.7 Å². The number of fused-ring (bicyclic) bond motifs is 2. The highest BCUT2D eigenvalue weighted by Gasteiger charge is 2.19. The molecule has 2 aromatic heterocycles. The molecule has 1 N–H and O–H groups in total. The molecule has 0 fully saturated rings. The standard InChI is InChI=1S/C18H17N5O2S/c1-2-15-16(25-11-24-15)7-12(1)8-20-17-13-9-26-6-3-14(13)21-18(22-17)23-5-4-19-10-23/h1-2,4-5,7,10H,3,6,8-9,11H2,(H,20,21,22). The Labute approximate surface area is 154 Å². The fourth-order valence-electron chi connectivity index (χ4n) is 3.09. The molecule has 1 aromatic carbocycles. The predicted molar refractivity (Wildman–Crippen MR) is 98.9 cm³/mol. The van der Waals surface area contributed by atoms with Crippen LogP contribution in [0.1, 0.15) is 16.8 Å². The van der Waals surface area contributed by atoms with Crippen LogP contribution >= 0.6 is 11.8 Å². The summed E-state index contributed by atoms with van der Waals surface area (Å²) in [7, 11) is 0. The second kappa shape index (κ2) is 6.53. The van der Waals surface area contributed by atoms with Gasteiger partial charge in [-0.1, -0.05) is 6.07 Å². The van der Waals surface area contributed by atoms with Crippen molar-refractivity contribution in [1.82, 2.24) is 19.5 Å². The molecular formula is C18H17N5O2S. The zero-order valence-electron chi connectivity index (χ0n) is 14.0. The molecule has 7 nitrogen and oxygen atoms in total. The van der Waals surface area contributed by atoms with Crippen LogP contribution in [0.15, 0.2) is 36.9 Å². The van der Waals surface area contributed by atoms with Gasteiger partial charge in [-0.3, -0.25) is 4.57 Å².